The number of nitrogens with zero attached hydrogens (tertiary/aromatic N) is 1. The van der Waals surface area contributed by atoms with E-state index in [0.717, 1.165) is 23.8 Å². The van der Waals surface area contributed by atoms with Crippen LogP contribution in [0.3, 0.4) is 0 Å². The van der Waals surface area contributed by atoms with Gasteiger partial charge in [0.2, 0.25) is 5.95 Å². The Bertz CT molecular complexity index is 863. The lowest BCUT2D eigenvalue weighted by molar-refractivity contribution is 0.603. The summed E-state index contributed by atoms with van der Waals surface area (Å²) in [6.45, 7) is 0. The van der Waals surface area contributed by atoms with Gasteiger partial charge in [-0.25, -0.2) is 13.8 Å². The van der Waals surface area contributed by atoms with Crippen molar-refractivity contribution in [2.45, 2.75) is 0 Å². The third kappa shape index (κ3) is 3.01. The number of aromatic amines is 1. The summed E-state index contributed by atoms with van der Waals surface area (Å²) in [5.41, 5.74) is 0.682. The number of aromatic nitrogens is 2. The zero-order valence-electron chi connectivity index (χ0n) is 11.3. The van der Waals surface area contributed by atoms with E-state index in [0.29, 0.717) is 5.69 Å². The van der Waals surface area contributed by atoms with E-state index in [4.69, 9.17) is 0 Å². The highest BCUT2D eigenvalue weighted by Crippen LogP contribution is 2.20. The lowest BCUT2D eigenvalue weighted by atomic mass is 10.1. The van der Waals surface area contributed by atoms with E-state index in [1.807, 2.05) is 18.2 Å². The van der Waals surface area contributed by atoms with Crippen molar-refractivity contribution in [1.29, 1.82) is 0 Å². The third-order valence-electron chi connectivity index (χ3n) is 2.99. The van der Waals surface area contributed by atoms with E-state index in [1.165, 1.54) is 6.07 Å². The molecule has 3 aromatic rings. The minimum Gasteiger partial charge on any atom is -0.323 e. The number of halogens is 2. The molecule has 0 amide bonds. The predicted molar refractivity (Wildman–Crippen MR) is 79.9 cm³/mol. The van der Waals surface area contributed by atoms with E-state index in [9.17, 15) is 13.6 Å². The van der Waals surface area contributed by atoms with Crippen LogP contribution in [0.1, 0.15) is 0 Å². The van der Waals surface area contributed by atoms with Crippen LogP contribution in [0.5, 0.6) is 0 Å². The van der Waals surface area contributed by atoms with Gasteiger partial charge in [0, 0.05) is 17.7 Å². The Hall–Kier alpha value is -3.02. The van der Waals surface area contributed by atoms with Gasteiger partial charge < -0.3 is 5.32 Å². The molecule has 3 rings (SSSR count). The molecule has 0 unspecified atom stereocenters. The second-order valence-corrected chi connectivity index (χ2v) is 4.59. The normalized spacial score (nSPS) is 10.5. The van der Waals surface area contributed by atoms with Crippen molar-refractivity contribution in [3.05, 3.63) is 76.6 Å². The number of H-pyrrole nitrogens is 1. The van der Waals surface area contributed by atoms with Crippen LogP contribution in [0.2, 0.25) is 0 Å². The van der Waals surface area contributed by atoms with Gasteiger partial charge in [0.15, 0.2) is 0 Å². The average molecular weight is 299 g/mol. The maximum atomic E-state index is 13.6. The molecule has 0 aliphatic carbocycles. The molecular formula is C16H11F2N3O. The van der Waals surface area contributed by atoms with Crippen LogP contribution in [-0.4, -0.2) is 9.97 Å². The summed E-state index contributed by atoms with van der Waals surface area (Å²) in [7, 11) is 0. The van der Waals surface area contributed by atoms with Gasteiger partial charge in [-0.3, -0.25) is 9.78 Å². The van der Waals surface area contributed by atoms with Crippen LogP contribution in [0.4, 0.5) is 20.4 Å². The summed E-state index contributed by atoms with van der Waals surface area (Å²) in [6, 6.07) is 13.4. The third-order valence-corrected chi connectivity index (χ3v) is 2.99. The van der Waals surface area contributed by atoms with Gasteiger partial charge in [0.1, 0.15) is 11.6 Å². The first-order valence-corrected chi connectivity index (χ1v) is 6.51. The van der Waals surface area contributed by atoms with Gasteiger partial charge in [-0.2, -0.15) is 0 Å². The molecule has 2 N–H and O–H groups in total. The Morgan fingerprint density at radius 2 is 1.77 bits per heavy atom. The molecule has 0 saturated carbocycles. The van der Waals surface area contributed by atoms with Gasteiger partial charge in [0.05, 0.1) is 11.4 Å². The maximum Gasteiger partial charge on any atom is 0.252 e. The summed E-state index contributed by atoms with van der Waals surface area (Å²) in [6.07, 6.45) is 0. The smallest absolute Gasteiger partial charge is 0.252 e. The Morgan fingerprint density at radius 3 is 2.55 bits per heavy atom. The lowest BCUT2D eigenvalue weighted by Gasteiger charge is -2.08. The van der Waals surface area contributed by atoms with Gasteiger partial charge in [0.25, 0.3) is 5.56 Å². The predicted octanol–water partition coefficient (Wildman–Crippen LogP) is 3.46. The van der Waals surface area contributed by atoms with Crippen LogP contribution >= 0.6 is 0 Å². The Labute approximate surface area is 124 Å². The number of benzene rings is 2. The molecule has 1 aromatic heterocycles. The second-order valence-electron chi connectivity index (χ2n) is 4.59. The monoisotopic (exact) mass is 299 g/mol. The highest BCUT2D eigenvalue weighted by molar-refractivity contribution is 5.62. The summed E-state index contributed by atoms with van der Waals surface area (Å²) in [4.78, 5) is 18.4. The fourth-order valence-corrected chi connectivity index (χ4v) is 1.99. The quantitative estimate of drug-likeness (QED) is 0.778. The topological polar surface area (TPSA) is 57.8 Å². The maximum absolute atomic E-state index is 13.6. The molecule has 0 saturated heterocycles. The second kappa shape index (κ2) is 5.77. The van der Waals surface area contributed by atoms with Crippen molar-refractivity contribution in [3.8, 4) is 11.3 Å². The largest absolute Gasteiger partial charge is 0.323 e. The summed E-state index contributed by atoms with van der Waals surface area (Å²) >= 11 is 0. The number of hydrogen-bond donors (Lipinski definition) is 2. The zero-order valence-corrected chi connectivity index (χ0v) is 11.3. The van der Waals surface area contributed by atoms with Gasteiger partial charge in [-0.15, -0.1) is 0 Å². The highest BCUT2D eigenvalue weighted by Gasteiger charge is 2.08. The van der Waals surface area contributed by atoms with E-state index in [-0.39, 0.29) is 11.6 Å². The molecule has 4 nitrogen and oxygen atoms in total. The van der Waals surface area contributed by atoms with Crippen LogP contribution in [0, 0.1) is 11.6 Å². The number of hydrogen-bond acceptors (Lipinski definition) is 3. The number of rotatable bonds is 3. The van der Waals surface area contributed by atoms with E-state index in [2.05, 4.69) is 15.3 Å². The van der Waals surface area contributed by atoms with Crippen molar-refractivity contribution in [2.24, 2.45) is 0 Å². The number of nitrogens with one attached hydrogen (secondary N) is 2. The molecule has 110 valence electrons. The van der Waals surface area contributed by atoms with Crippen molar-refractivity contribution in [3.63, 3.8) is 0 Å². The van der Waals surface area contributed by atoms with Crippen LogP contribution < -0.4 is 10.9 Å². The molecule has 6 heteroatoms. The van der Waals surface area contributed by atoms with Gasteiger partial charge in [-0.05, 0) is 12.1 Å². The fraction of sp³-hybridized carbons (Fsp3) is 0. The molecule has 0 spiro atoms. The Kier molecular flexibility index (Phi) is 3.65. The molecular weight excluding hydrogens is 288 g/mol. The van der Waals surface area contributed by atoms with Gasteiger partial charge >= 0.3 is 0 Å². The molecule has 1 heterocycles. The molecule has 0 aliphatic heterocycles. The van der Waals surface area contributed by atoms with Gasteiger partial charge in [-0.1, -0.05) is 30.3 Å². The molecule has 2 aromatic carbocycles. The summed E-state index contributed by atoms with van der Waals surface area (Å²) in [5.74, 6) is -1.20. The minimum atomic E-state index is -0.644. The van der Waals surface area contributed by atoms with E-state index < -0.39 is 17.2 Å². The molecule has 0 atom stereocenters. The fourth-order valence-electron chi connectivity index (χ4n) is 1.99. The molecule has 0 bridgehead atoms. The minimum absolute atomic E-state index is 0.0378. The molecule has 0 fully saturated rings. The SMILES string of the molecule is O=c1cc(-c2ccccc2)nc(Nc2cc(F)ccc2F)[nH]1. The zero-order chi connectivity index (χ0) is 15.5. The summed E-state index contributed by atoms with van der Waals surface area (Å²) in [5, 5.41) is 2.58. The Morgan fingerprint density at radius 1 is 1.00 bits per heavy atom. The first kappa shape index (κ1) is 13.9. The van der Waals surface area contributed by atoms with Crippen molar-refractivity contribution in [2.75, 3.05) is 5.32 Å². The van der Waals surface area contributed by atoms with Crippen molar-refractivity contribution < 1.29 is 8.78 Å². The average Bonchev–Trinajstić information content (AvgIpc) is 2.51. The standard InChI is InChI=1S/C16H11F2N3O/c17-11-6-7-12(18)14(8-11)20-16-19-13(9-15(22)21-16)10-4-2-1-3-5-10/h1-9H,(H2,19,20,21,22). The molecule has 0 aliphatic rings. The highest BCUT2D eigenvalue weighted by atomic mass is 19.1. The summed E-state index contributed by atoms with van der Waals surface area (Å²) < 4.78 is 26.8. The van der Waals surface area contributed by atoms with Crippen LogP contribution in [0.25, 0.3) is 11.3 Å². The first-order valence-electron chi connectivity index (χ1n) is 6.51. The molecule has 22 heavy (non-hydrogen) atoms. The molecule has 0 radical (unpaired) electrons. The lowest BCUT2D eigenvalue weighted by Crippen LogP contribution is -2.11. The van der Waals surface area contributed by atoms with Crippen LogP contribution in [0.15, 0.2) is 59.4 Å². The number of anilines is 2. The van der Waals surface area contributed by atoms with E-state index in [1.54, 1.807) is 12.1 Å². The Balaban J connectivity index is 2.00. The van der Waals surface area contributed by atoms with Crippen molar-refractivity contribution >= 4 is 11.6 Å². The van der Waals surface area contributed by atoms with E-state index >= 15 is 0 Å². The first-order chi connectivity index (χ1) is 10.6. The van der Waals surface area contributed by atoms with Crippen LogP contribution in [-0.2, 0) is 0 Å². The van der Waals surface area contributed by atoms with Crippen molar-refractivity contribution in [1.82, 2.24) is 9.97 Å².